The fraction of sp³-hybridized carbons (Fsp3) is 0.316. The molecule has 0 saturated carbocycles. The maximum Gasteiger partial charge on any atom is 0.264 e. The monoisotopic (exact) mass is 440 g/mol. The Hall–Kier alpha value is -2.17. The van der Waals surface area contributed by atoms with Crippen LogP contribution in [0.3, 0.4) is 0 Å². The third-order valence-corrected chi connectivity index (χ3v) is 6.68. The van der Waals surface area contributed by atoms with E-state index in [-0.39, 0.29) is 24.7 Å². The summed E-state index contributed by atoms with van der Waals surface area (Å²) in [6, 6.07) is 12.0. The van der Waals surface area contributed by atoms with Crippen LogP contribution in [0.25, 0.3) is 0 Å². The van der Waals surface area contributed by atoms with Crippen LogP contribution in [0.2, 0.25) is 5.02 Å². The molecule has 0 bridgehead atoms. The molecular formula is C19H21ClN2O6S. The van der Waals surface area contributed by atoms with Crippen molar-refractivity contribution in [1.29, 1.82) is 0 Å². The fourth-order valence-electron chi connectivity index (χ4n) is 3.11. The second-order valence-corrected chi connectivity index (χ2v) is 8.83. The number of hydroxylamine groups is 1. The highest BCUT2D eigenvalue weighted by Gasteiger charge is 2.42. The van der Waals surface area contributed by atoms with Crippen LogP contribution < -0.4 is 10.2 Å². The summed E-state index contributed by atoms with van der Waals surface area (Å²) in [5, 5.41) is 9.57. The molecule has 3 rings (SSSR count). The number of carbonyl (C=O) groups is 1. The highest BCUT2D eigenvalue weighted by Crippen LogP contribution is 2.26. The Bertz CT molecular complexity index is 967. The summed E-state index contributed by atoms with van der Waals surface area (Å²) in [5.41, 5.74) is 2.39. The molecule has 1 amide bonds. The molecule has 10 heteroatoms. The van der Waals surface area contributed by atoms with Crippen molar-refractivity contribution in [1.82, 2.24) is 9.79 Å². The minimum atomic E-state index is -3.98. The largest absolute Gasteiger partial charge is 0.489 e. The number of benzene rings is 2. The molecule has 0 aromatic heterocycles. The van der Waals surface area contributed by atoms with Gasteiger partial charge in [0.05, 0.1) is 17.6 Å². The summed E-state index contributed by atoms with van der Waals surface area (Å²) in [5.74, 6) is -0.355. The molecule has 29 heavy (non-hydrogen) atoms. The second kappa shape index (κ2) is 9.10. The first-order chi connectivity index (χ1) is 13.8. The molecule has 1 saturated heterocycles. The first-order valence-corrected chi connectivity index (χ1v) is 10.7. The van der Waals surface area contributed by atoms with E-state index < -0.39 is 28.1 Å². The van der Waals surface area contributed by atoms with Gasteiger partial charge in [-0.3, -0.25) is 10.0 Å². The van der Waals surface area contributed by atoms with Crippen molar-refractivity contribution >= 4 is 27.5 Å². The van der Waals surface area contributed by atoms with Crippen molar-refractivity contribution in [3.05, 3.63) is 59.1 Å². The minimum absolute atomic E-state index is 0.00220. The van der Waals surface area contributed by atoms with Crippen molar-refractivity contribution in [2.24, 2.45) is 0 Å². The molecule has 1 fully saturated rings. The lowest BCUT2D eigenvalue weighted by Gasteiger charge is -2.37. The zero-order chi connectivity index (χ0) is 21.0. The first-order valence-electron chi connectivity index (χ1n) is 8.87. The molecule has 0 aliphatic carbocycles. The molecule has 1 aliphatic heterocycles. The molecule has 2 aromatic rings. The van der Waals surface area contributed by atoms with Gasteiger partial charge in [0.2, 0.25) is 10.0 Å². The smallest absolute Gasteiger partial charge is 0.264 e. The number of morpholine rings is 1. The van der Waals surface area contributed by atoms with Crippen LogP contribution >= 0.6 is 11.6 Å². The number of rotatable bonds is 6. The van der Waals surface area contributed by atoms with E-state index in [0.29, 0.717) is 10.8 Å². The van der Waals surface area contributed by atoms with Crippen LogP contribution in [0.5, 0.6) is 5.75 Å². The van der Waals surface area contributed by atoms with Crippen molar-refractivity contribution in [3.8, 4) is 5.75 Å². The van der Waals surface area contributed by atoms with Gasteiger partial charge in [0, 0.05) is 11.6 Å². The summed E-state index contributed by atoms with van der Waals surface area (Å²) in [6.07, 6.45) is -0.703. The number of ether oxygens (including phenoxy) is 2. The minimum Gasteiger partial charge on any atom is -0.489 e. The van der Waals surface area contributed by atoms with E-state index in [0.717, 1.165) is 9.87 Å². The number of hydrogen-bond acceptors (Lipinski definition) is 6. The number of carbonyl (C=O) groups excluding carboxylic acids is 1. The van der Waals surface area contributed by atoms with Gasteiger partial charge in [-0.05, 0) is 48.9 Å². The van der Waals surface area contributed by atoms with E-state index in [9.17, 15) is 13.2 Å². The van der Waals surface area contributed by atoms with E-state index in [1.807, 2.05) is 12.1 Å². The standard InChI is InChI=1S/C19H21ClN2O6S/c1-13-18(19(23)21-24)22(9-10-27-13)29(25,26)17-7-5-16(6-8-17)28-12-14-3-2-4-15(20)11-14/h2-8,11,13,18,24H,9-10,12H2,1H3,(H,21,23)/t13-,18+/m0/s1. The van der Waals surface area contributed by atoms with Gasteiger partial charge in [-0.1, -0.05) is 23.7 Å². The van der Waals surface area contributed by atoms with Crippen molar-refractivity contribution < 1.29 is 27.9 Å². The second-order valence-electron chi connectivity index (χ2n) is 6.50. The lowest BCUT2D eigenvalue weighted by molar-refractivity contribution is -0.142. The summed E-state index contributed by atoms with van der Waals surface area (Å²) in [7, 11) is -3.98. The molecule has 1 heterocycles. The van der Waals surface area contributed by atoms with E-state index in [1.165, 1.54) is 17.6 Å². The predicted molar refractivity (Wildman–Crippen MR) is 105 cm³/mol. The van der Waals surface area contributed by atoms with Crippen molar-refractivity contribution in [2.75, 3.05) is 13.2 Å². The van der Waals surface area contributed by atoms with Gasteiger partial charge in [-0.15, -0.1) is 0 Å². The van der Waals surface area contributed by atoms with E-state index >= 15 is 0 Å². The van der Waals surface area contributed by atoms with Gasteiger partial charge >= 0.3 is 0 Å². The van der Waals surface area contributed by atoms with Gasteiger partial charge in [0.25, 0.3) is 5.91 Å². The van der Waals surface area contributed by atoms with Gasteiger partial charge in [0.15, 0.2) is 0 Å². The fourth-order valence-corrected chi connectivity index (χ4v) is 4.95. The van der Waals surface area contributed by atoms with Gasteiger partial charge in [-0.2, -0.15) is 4.31 Å². The number of sulfonamides is 1. The first kappa shape index (κ1) is 21.5. The van der Waals surface area contributed by atoms with Gasteiger partial charge in [0.1, 0.15) is 18.4 Å². The molecule has 1 aliphatic rings. The Morgan fingerprint density at radius 1 is 1.31 bits per heavy atom. The number of hydrogen-bond donors (Lipinski definition) is 2. The molecule has 156 valence electrons. The molecule has 2 atom stereocenters. The number of nitrogens with one attached hydrogen (secondary N) is 1. The third kappa shape index (κ3) is 4.88. The van der Waals surface area contributed by atoms with Crippen LogP contribution in [0.4, 0.5) is 0 Å². The average Bonchev–Trinajstić information content (AvgIpc) is 2.72. The lowest BCUT2D eigenvalue weighted by atomic mass is 10.1. The van der Waals surface area contributed by atoms with Crippen molar-refractivity contribution in [3.63, 3.8) is 0 Å². The molecular weight excluding hydrogens is 420 g/mol. The van der Waals surface area contributed by atoms with E-state index in [1.54, 1.807) is 31.2 Å². The Labute approximate surface area is 174 Å². The Morgan fingerprint density at radius 3 is 2.69 bits per heavy atom. The highest BCUT2D eigenvalue weighted by molar-refractivity contribution is 7.89. The Kier molecular flexibility index (Phi) is 6.76. The molecule has 2 N–H and O–H groups in total. The maximum absolute atomic E-state index is 13.0. The van der Waals surface area contributed by atoms with Crippen LogP contribution in [-0.4, -0.2) is 49.1 Å². The van der Waals surface area contributed by atoms with Crippen LogP contribution in [0.1, 0.15) is 12.5 Å². The number of nitrogens with zero attached hydrogens (tertiary/aromatic N) is 1. The maximum atomic E-state index is 13.0. The molecule has 8 nitrogen and oxygen atoms in total. The Morgan fingerprint density at radius 2 is 2.03 bits per heavy atom. The zero-order valence-electron chi connectivity index (χ0n) is 15.6. The number of amides is 1. The molecule has 2 aromatic carbocycles. The molecule has 0 radical (unpaired) electrons. The van der Waals surface area contributed by atoms with Crippen LogP contribution in [0.15, 0.2) is 53.4 Å². The zero-order valence-corrected chi connectivity index (χ0v) is 17.2. The highest BCUT2D eigenvalue weighted by atomic mass is 35.5. The SMILES string of the molecule is C[C@@H]1OCCN(S(=O)(=O)c2ccc(OCc3cccc(Cl)c3)cc2)[C@H]1C(=O)NO. The van der Waals surface area contributed by atoms with Crippen LogP contribution in [-0.2, 0) is 26.2 Å². The van der Waals surface area contributed by atoms with E-state index in [2.05, 4.69) is 0 Å². The quantitative estimate of drug-likeness (QED) is 0.527. The predicted octanol–water partition coefficient (Wildman–Crippen LogP) is 2.20. The summed E-state index contributed by atoms with van der Waals surface area (Å²) >= 11 is 5.95. The number of halogens is 1. The molecule has 0 unspecified atom stereocenters. The molecule has 0 spiro atoms. The summed E-state index contributed by atoms with van der Waals surface area (Å²) in [4.78, 5) is 12.0. The van der Waals surface area contributed by atoms with E-state index in [4.69, 9.17) is 26.3 Å². The summed E-state index contributed by atoms with van der Waals surface area (Å²) < 4.78 is 38.2. The summed E-state index contributed by atoms with van der Waals surface area (Å²) in [6.45, 7) is 2.01. The van der Waals surface area contributed by atoms with Gasteiger partial charge < -0.3 is 9.47 Å². The van der Waals surface area contributed by atoms with Gasteiger partial charge in [-0.25, -0.2) is 13.9 Å². The van der Waals surface area contributed by atoms with Crippen molar-refractivity contribution in [2.45, 2.75) is 30.6 Å². The Balaban J connectivity index is 1.76. The lowest BCUT2D eigenvalue weighted by Crippen LogP contribution is -2.58. The normalized spacial score (nSPS) is 20.2. The average molecular weight is 441 g/mol. The topological polar surface area (TPSA) is 105 Å². The third-order valence-electron chi connectivity index (χ3n) is 4.55. The van der Waals surface area contributed by atoms with Crippen LogP contribution in [0, 0.1) is 0 Å².